The molecule has 1 saturated heterocycles. The maximum absolute atomic E-state index is 14.1. The van der Waals surface area contributed by atoms with E-state index in [9.17, 15) is 14.4 Å². The Morgan fingerprint density at radius 2 is 1.72 bits per heavy atom. The van der Waals surface area contributed by atoms with E-state index in [4.69, 9.17) is 14.5 Å². The number of allylic oxidation sites excluding steroid dienone is 1. The molecule has 0 saturated carbocycles. The first-order valence-corrected chi connectivity index (χ1v) is 16.2. The number of hydrogen-bond donors (Lipinski definition) is 1. The van der Waals surface area contributed by atoms with Crippen LogP contribution in [0, 0.1) is 0 Å². The third-order valence-corrected chi connectivity index (χ3v) is 9.10. The third kappa shape index (κ3) is 6.73. The van der Waals surface area contributed by atoms with E-state index in [1.54, 1.807) is 21.6 Å². The number of hydrogen-bond acceptors (Lipinski definition) is 7. The number of nitrogens with one attached hydrogen (secondary N) is 1. The number of nitrogens with zero attached hydrogens (tertiary/aromatic N) is 3. The van der Waals surface area contributed by atoms with Gasteiger partial charge in [-0.15, -0.1) is 0 Å². The van der Waals surface area contributed by atoms with Gasteiger partial charge in [0.1, 0.15) is 5.75 Å². The first-order valence-electron chi connectivity index (χ1n) is 15.4. The number of amides is 2. The average Bonchev–Trinajstić information content (AvgIpc) is 3.38. The molecular formula is C36H36N4O5S. The molecule has 3 heterocycles. The summed E-state index contributed by atoms with van der Waals surface area (Å²) in [6.45, 7) is 8.25. The highest BCUT2D eigenvalue weighted by atomic mass is 32.1. The number of fused-ring (bicyclic) bond motifs is 1. The third-order valence-electron chi connectivity index (χ3n) is 8.12. The van der Waals surface area contributed by atoms with Crippen LogP contribution < -0.4 is 24.9 Å². The smallest absolute Gasteiger partial charge is 0.271 e. The second kappa shape index (κ2) is 13.7. The Labute approximate surface area is 271 Å². The molecule has 0 radical (unpaired) electrons. The Morgan fingerprint density at radius 3 is 2.39 bits per heavy atom. The van der Waals surface area contributed by atoms with Crippen molar-refractivity contribution in [1.29, 1.82) is 0 Å². The molecule has 236 valence electrons. The van der Waals surface area contributed by atoms with Gasteiger partial charge >= 0.3 is 0 Å². The lowest BCUT2D eigenvalue weighted by Crippen LogP contribution is -2.42. The highest BCUT2D eigenvalue weighted by Crippen LogP contribution is 2.31. The van der Waals surface area contributed by atoms with Crippen LogP contribution in [0.2, 0.25) is 0 Å². The van der Waals surface area contributed by atoms with Gasteiger partial charge in [-0.1, -0.05) is 79.8 Å². The van der Waals surface area contributed by atoms with Crippen LogP contribution in [0.1, 0.15) is 49.4 Å². The largest absolute Gasteiger partial charge is 0.484 e. The van der Waals surface area contributed by atoms with Gasteiger partial charge in [-0.3, -0.25) is 19.0 Å². The van der Waals surface area contributed by atoms with Gasteiger partial charge < -0.3 is 19.7 Å². The van der Waals surface area contributed by atoms with Crippen LogP contribution in [0.5, 0.6) is 5.75 Å². The molecule has 3 aromatic carbocycles. The zero-order valence-electron chi connectivity index (χ0n) is 26.1. The van der Waals surface area contributed by atoms with E-state index in [1.165, 1.54) is 16.9 Å². The lowest BCUT2D eigenvalue weighted by Gasteiger charge is -2.26. The van der Waals surface area contributed by atoms with E-state index >= 15 is 0 Å². The van der Waals surface area contributed by atoms with Crippen molar-refractivity contribution in [1.82, 2.24) is 9.47 Å². The Hall–Kier alpha value is -4.80. The van der Waals surface area contributed by atoms with E-state index in [1.807, 2.05) is 67.6 Å². The van der Waals surface area contributed by atoms with Crippen LogP contribution in [-0.4, -0.2) is 54.2 Å². The van der Waals surface area contributed by atoms with Crippen molar-refractivity contribution in [2.24, 2.45) is 4.99 Å². The number of para-hydroxylation sites is 1. The zero-order chi connectivity index (χ0) is 32.2. The normalized spacial score (nSPS) is 16.7. The number of rotatable bonds is 8. The number of aromatic nitrogens is 1. The van der Waals surface area contributed by atoms with E-state index in [-0.39, 0.29) is 24.0 Å². The predicted octanol–water partition coefficient (Wildman–Crippen LogP) is 4.23. The Morgan fingerprint density at radius 1 is 1.02 bits per heavy atom. The Bertz CT molecular complexity index is 1940. The van der Waals surface area contributed by atoms with E-state index in [0.29, 0.717) is 64.3 Å². The molecule has 4 aromatic rings. The van der Waals surface area contributed by atoms with Crippen molar-refractivity contribution in [3.63, 3.8) is 0 Å². The van der Waals surface area contributed by atoms with Gasteiger partial charge in [0.2, 0.25) is 0 Å². The van der Waals surface area contributed by atoms with E-state index in [0.717, 1.165) is 11.1 Å². The van der Waals surface area contributed by atoms with Crippen molar-refractivity contribution in [3.05, 3.63) is 127 Å². The molecule has 2 aliphatic heterocycles. The molecule has 1 aromatic heterocycles. The summed E-state index contributed by atoms with van der Waals surface area (Å²) in [5, 5.41) is 2.99. The van der Waals surface area contributed by atoms with Gasteiger partial charge in [0.25, 0.3) is 17.4 Å². The molecular weight excluding hydrogens is 600 g/mol. The molecule has 6 rings (SSSR count). The minimum Gasteiger partial charge on any atom is -0.484 e. The standard InChI is InChI=1S/C36H36N4O5S/c1-23(2)26-11-13-27(14-12-26)33-32(34(42)38-28-7-5-4-6-8-28)24(3)37-36-40(33)35(43)30(46-36)21-25-9-15-29(16-10-25)45-22-31(41)39-17-19-44-20-18-39/h4-16,21,23,33H,17-20,22H2,1-3H3,(H,38,42)/b30-21+/t33-/m0/s1. The maximum atomic E-state index is 14.1. The number of morpholine rings is 1. The monoisotopic (exact) mass is 636 g/mol. The summed E-state index contributed by atoms with van der Waals surface area (Å²) < 4.78 is 13.2. The minimum atomic E-state index is -0.650. The molecule has 1 fully saturated rings. The molecule has 0 spiro atoms. The van der Waals surface area contributed by atoms with Crippen molar-refractivity contribution < 1.29 is 19.1 Å². The summed E-state index contributed by atoms with van der Waals surface area (Å²) in [6, 6.07) is 24.0. The van der Waals surface area contributed by atoms with Crippen LogP contribution >= 0.6 is 11.3 Å². The summed E-state index contributed by atoms with van der Waals surface area (Å²) in [4.78, 5) is 47.3. The van der Waals surface area contributed by atoms with Gasteiger partial charge in [-0.2, -0.15) is 0 Å². The molecule has 0 unspecified atom stereocenters. The predicted molar refractivity (Wildman–Crippen MR) is 179 cm³/mol. The summed E-state index contributed by atoms with van der Waals surface area (Å²) in [5.41, 5.74) is 4.23. The molecule has 1 N–H and O–H groups in total. The van der Waals surface area contributed by atoms with E-state index < -0.39 is 6.04 Å². The first-order chi connectivity index (χ1) is 22.3. The van der Waals surface area contributed by atoms with Gasteiger partial charge in [0.15, 0.2) is 11.4 Å². The highest BCUT2D eigenvalue weighted by molar-refractivity contribution is 7.07. The highest BCUT2D eigenvalue weighted by Gasteiger charge is 2.32. The number of benzene rings is 3. The quantitative estimate of drug-likeness (QED) is 0.312. The van der Waals surface area contributed by atoms with Gasteiger partial charge in [-0.25, -0.2) is 4.99 Å². The van der Waals surface area contributed by atoms with Crippen molar-refractivity contribution >= 4 is 34.9 Å². The van der Waals surface area contributed by atoms with Crippen molar-refractivity contribution in [2.45, 2.75) is 32.7 Å². The number of ether oxygens (including phenoxy) is 2. The molecule has 0 bridgehead atoms. The Balaban J connectivity index is 1.31. The molecule has 0 aliphatic carbocycles. The summed E-state index contributed by atoms with van der Waals surface area (Å²) in [5.74, 6) is 0.530. The van der Waals surface area contributed by atoms with Gasteiger partial charge in [0, 0.05) is 18.8 Å². The summed E-state index contributed by atoms with van der Waals surface area (Å²) in [6.07, 6.45) is 1.81. The summed E-state index contributed by atoms with van der Waals surface area (Å²) in [7, 11) is 0. The van der Waals surface area contributed by atoms with Gasteiger partial charge in [0.05, 0.1) is 35.1 Å². The molecule has 10 heteroatoms. The molecule has 2 amide bonds. The number of carbonyl (C=O) groups is 2. The number of carbonyl (C=O) groups excluding carboxylic acids is 2. The lowest BCUT2D eigenvalue weighted by atomic mass is 9.93. The Kier molecular flexibility index (Phi) is 9.28. The second-order valence-electron chi connectivity index (χ2n) is 11.6. The molecule has 46 heavy (non-hydrogen) atoms. The van der Waals surface area contributed by atoms with Crippen LogP contribution in [0.15, 0.2) is 99.9 Å². The zero-order valence-corrected chi connectivity index (χ0v) is 26.9. The first kappa shape index (κ1) is 31.2. The fourth-order valence-corrected chi connectivity index (χ4v) is 6.62. The van der Waals surface area contributed by atoms with Crippen molar-refractivity contribution in [3.8, 4) is 5.75 Å². The van der Waals surface area contributed by atoms with Crippen LogP contribution in [0.4, 0.5) is 5.69 Å². The topological polar surface area (TPSA) is 102 Å². The van der Waals surface area contributed by atoms with Crippen LogP contribution in [0.25, 0.3) is 6.08 Å². The molecule has 1 atom stereocenters. The second-order valence-corrected chi connectivity index (χ2v) is 12.6. The van der Waals surface area contributed by atoms with E-state index in [2.05, 4.69) is 31.3 Å². The number of thiazole rings is 1. The fraction of sp³-hybridized carbons (Fsp3) is 0.278. The number of anilines is 1. The summed E-state index contributed by atoms with van der Waals surface area (Å²) >= 11 is 1.29. The fourth-order valence-electron chi connectivity index (χ4n) is 5.57. The minimum absolute atomic E-state index is 0.0460. The van der Waals surface area contributed by atoms with Gasteiger partial charge in [-0.05, 0) is 59.9 Å². The van der Waals surface area contributed by atoms with Crippen LogP contribution in [-0.2, 0) is 14.3 Å². The lowest BCUT2D eigenvalue weighted by molar-refractivity contribution is -0.137. The maximum Gasteiger partial charge on any atom is 0.271 e. The average molecular weight is 637 g/mol. The van der Waals surface area contributed by atoms with Crippen LogP contribution in [0.3, 0.4) is 0 Å². The SMILES string of the molecule is CC1=C(C(=O)Nc2ccccc2)[C@H](c2ccc(C(C)C)cc2)n2c(s/c(=C/c3ccc(OCC(=O)N4CCOCC4)cc3)c2=O)=N1. The molecule has 9 nitrogen and oxygen atoms in total. The molecule has 2 aliphatic rings. The van der Waals surface area contributed by atoms with Crippen molar-refractivity contribution in [2.75, 3.05) is 38.2 Å².